The van der Waals surface area contributed by atoms with Crippen LogP contribution in [0.15, 0.2) is 54.6 Å². The van der Waals surface area contributed by atoms with Gasteiger partial charge in [0.25, 0.3) is 0 Å². The number of benzene rings is 3. The van der Waals surface area contributed by atoms with Gasteiger partial charge in [0.05, 0.1) is 5.60 Å². The van der Waals surface area contributed by atoms with Crippen LogP contribution in [-0.2, 0) is 5.60 Å². The van der Waals surface area contributed by atoms with Gasteiger partial charge >= 0.3 is 0 Å². The van der Waals surface area contributed by atoms with E-state index in [0.29, 0.717) is 0 Å². The minimum absolute atomic E-state index is 0.753. The van der Waals surface area contributed by atoms with E-state index in [9.17, 15) is 5.11 Å². The predicted octanol–water partition coefficient (Wildman–Crippen LogP) is 6.49. The summed E-state index contributed by atoms with van der Waals surface area (Å²) in [5, 5.41) is 16.4. The fraction of sp³-hybridized carbons (Fsp3) is 0.462. The molecule has 0 unspecified atom stereocenters. The van der Waals surface area contributed by atoms with E-state index in [1.807, 2.05) is 6.92 Å². The lowest BCUT2D eigenvalue weighted by atomic mass is 9.85. The summed E-state index contributed by atoms with van der Waals surface area (Å²) >= 11 is 0. The van der Waals surface area contributed by atoms with Crippen LogP contribution < -0.4 is 0 Å². The van der Waals surface area contributed by atoms with Gasteiger partial charge in [-0.1, -0.05) is 75.2 Å². The van der Waals surface area contributed by atoms with Crippen LogP contribution in [0.25, 0.3) is 21.5 Å². The molecule has 3 aromatic carbocycles. The lowest BCUT2D eigenvalue weighted by molar-refractivity contribution is 0.0370. The molecule has 0 fully saturated rings. The summed E-state index contributed by atoms with van der Waals surface area (Å²) in [5.74, 6) is 0. The highest BCUT2D eigenvalue weighted by Gasteiger charge is 2.26. The molecule has 0 radical (unpaired) electrons. The molecule has 0 bridgehead atoms. The summed E-state index contributed by atoms with van der Waals surface area (Å²) in [6, 6.07) is 19.2. The number of nitrogens with zero attached hydrogens (tertiary/aromatic N) is 1. The van der Waals surface area contributed by atoms with Crippen LogP contribution in [0, 0.1) is 0 Å². The average molecular weight is 378 g/mol. The number of unbranched alkanes of at least 4 members (excludes halogenated alkanes) is 2. The summed E-state index contributed by atoms with van der Waals surface area (Å²) in [5.41, 5.74) is 0.202. The first-order chi connectivity index (χ1) is 13.6. The standard InChI is InChI=1S/C26H35NO/c1-4-6-17-27(18-7-5-2)19-16-26(3,28)25-20-21-12-8-9-13-22(21)23-14-10-11-15-24(23)25/h8-15,20,28H,4-7,16-19H2,1-3H3/t26-/m0/s1. The molecule has 0 aromatic heterocycles. The monoisotopic (exact) mass is 377 g/mol. The third-order valence-electron chi connectivity index (χ3n) is 5.92. The number of aliphatic hydroxyl groups is 1. The minimum atomic E-state index is -0.847. The van der Waals surface area contributed by atoms with Crippen molar-refractivity contribution in [3.8, 4) is 0 Å². The van der Waals surface area contributed by atoms with E-state index >= 15 is 0 Å². The molecule has 2 heteroatoms. The molecular weight excluding hydrogens is 342 g/mol. The first-order valence-electron chi connectivity index (χ1n) is 10.9. The van der Waals surface area contributed by atoms with Crippen molar-refractivity contribution < 1.29 is 5.11 Å². The van der Waals surface area contributed by atoms with Crippen molar-refractivity contribution in [1.82, 2.24) is 4.90 Å². The van der Waals surface area contributed by atoms with Crippen molar-refractivity contribution in [3.63, 3.8) is 0 Å². The molecule has 1 N–H and O–H groups in total. The SMILES string of the molecule is CCCCN(CCCC)CC[C@](C)(O)c1cc2ccccc2c2ccccc12. The highest BCUT2D eigenvalue weighted by Crippen LogP contribution is 2.36. The molecule has 0 saturated carbocycles. The molecule has 150 valence electrons. The van der Waals surface area contributed by atoms with E-state index in [1.165, 1.54) is 47.2 Å². The molecule has 28 heavy (non-hydrogen) atoms. The molecule has 0 saturated heterocycles. The predicted molar refractivity (Wildman–Crippen MR) is 122 cm³/mol. The average Bonchev–Trinajstić information content (AvgIpc) is 2.72. The zero-order valence-corrected chi connectivity index (χ0v) is 17.7. The number of hydrogen-bond donors (Lipinski definition) is 1. The molecule has 0 aliphatic heterocycles. The maximum atomic E-state index is 11.5. The Hall–Kier alpha value is -1.90. The molecule has 0 aliphatic carbocycles. The summed E-state index contributed by atoms with van der Waals surface area (Å²) in [6.07, 6.45) is 5.64. The third-order valence-corrected chi connectivity index (χ3v) is 5.92. The van der Waals surface area contributed by atoms with Gasteiger partial charge in [0.15, 0.2) is 0 Å². The van der Waals surface area contributed by atoms with Gasteiger partial charge in [-0.25, -0.2) is 0 Å². The summed E-state index contributed by atoms with van der Waals surface area (Å²) in [7, 11) is 0. The van der Waals surface area contributed by atoms with Crippen molar-refractivity contribution in [1.29, 1.82) is 0 Å². The molecule has 0 spiro atoms. The molecule has 1 atom stereocenters. The largest absolute Gasteiger partial charge is 0.385 e. The van der Waals surface area contributed by atoms with Crippen molar-refractivity contribution in [2.75, 3.05) is 19.6 Å². The number of fused-ring (bicyclic) bond motifs is 3. The van der Waals surface area contributed by atoms with Gasteiger partial charge in [-0.15, -0.1) is 0 Å². The van der Waals surface area contributed by atoms with Crippen molar-refractivity contribution in [2.45, 2.75) is 58.5 Å². The molecule has 0 aliphatic rings. The maximum Gasteiger partial charge on any atom is 0.0886 e. The topological polar surface area (TPSA) is 23.5 Å². The van der Waals surface area contributed by atoms with Crippen LogP contribution in [-0.4, -0.2) is 29.6 Å². The Morgan fingerprint density at radius 2 is 1.36 bits per heavy atom. The van der Waals surface area contributed by atoms with Crippen LogP contribution in [0.1, 0.15) is 58.4 Å². The maximum absolute atomic E-state index is 11.5. The first-order valence-corrected chi connectivity index (χ1v) is 10.9. The van der Waals surface area contributed by atoms with E-state index < -0.39 is 5.60 Å². The fourth-order valence-corrected chi connectivity index (χ4v) is 4.11. The number of rotatable bonds is 10. The molecular formula is C26H35NO. The van der Waals surface area contributed by atoms with Crippen LogP contribution >= 0.6 is 0 Å². The quantitative estimate of drug-likeness (QED) is 0.408. The molecule has 3 rings (SSSR count). The second-order valence-corrected chi connectivity index (χ2v) is 8.26. The second-order valence-electron chi connectivity index (χ2n) is 8.26. The second kappa shape index (κ2) is 9.54. The van der Waals surface area contributed by atoms with E-state index in [2.05, 4.69) is 73.3 Å². The van der Waals surface area contributed by atoms with E-state index in [4.69, 9.17) is 0 Å². The zero-order chi connectivity index (χ0) is 20.0. The van der Waals surface area contributed by atoms with Crippen LogP contribution in [0.4, 0.5) is 0 Å². The minimum Gasteiger partial charge on any atom is -0.385 e. The van der Waals surface area contributed by atoms with Gasteiger partial charge in [-0.2, -0.15) is 0 Å². The summed E-state index contributed by atoms with van der Waals surface area (Å²) < 4.78 is 0. The lowest BCUT2D eigenvalue weighted by Crippen LogP contribution is -2.33. The van der Waals surface area contributed by atoms with Gasteiger partial charge in [0, 0.05) is 6.54 Å². The molecule has 3 aromatic rings. The van der Waals surface area contributed by atoms with Gasteiger partial charge < -0.3 is 10.0 Å². The fourth-order valence-electron chi connectivity index (χ4n) is 4.11. The Morgan fingerprint density at radius 3 is 2.00 bits per heavy atom. The van der Waals surface area contributed by atoms with Crippen molar-refractivity contribution in [3.05, 3.63) is 60.2 Å². The Labute approximate surface area is 170 Å². The van der Waals surface area contributed by atoms with Crippen LogP contribution in [0.3, 0.4) is 0 Å². The molecule has 0 heterocycles. The van der Waals surface area contributed by atoms with E-state index in [0.717, 1.165) is 31.6 Å². The summed E-state index contributed by atoms with van der Waals surface area (Å²) in [6.45, 7) is 9.68. The number of hydrogen-bond acceptors (Lipinski definition) is 2. The van der Waals surface area contributed by atoms with Crippen molar-refractivity contribution in [2.24, 2.45) is 0 Å². The summed E-state index contributed by atoms with van der Waals surface area (Å²) in [4.78, 5) is 2.53. The molecule has 0 amide bonds. The highest BCUT2D eigenvalue weighted by molar-refractivity contribution is 6.09. The van der Waals surface area contributed by atoms with Crippen molar-refractivity contribution >= 4 is 21.5 Å². The van der Waals surface area contributed by atoms with Gasteiger partial charge in [-0.05, 0) is 72.5 Å². The van der Waals surface area contributed by atoms with Crippen LogP contribution in [0.5, 0.6) is 0 Å². The first kappa shape index (κ1) is 20.8. The lowest BCUT2D eigenvalue weighted by Gasteiger charge is -2.30. The Morgan fingerprint density at radius 1 is 0.786 bits per heavy atom. The molecule has 2 nitrogen and oxygen atoms in total. The smallest absolute Gasteiger partial charge is 0.0886 e. The Bertz CT molecular complexity index is 891. The Kier molecular flexibility index (Phi) is 7.09. The third kappa shape index (κ3) is 4.74. The highest BCUT2D eigenvalue weighted by atomic mass is 16.3. The normalized spacial score (nSPS) is 14.0. The van der Waals surface area contributed by atoms with Gasteiger partial charge in [0.2, 0.25) is 0 Å². The van der Waals surface area contributed by atoms with E-state index in [1.54, 1.807) is 0 Å². The zero-order valence-electron chi connectivity index (χ0n) is 17.7. The van der Waals surface area contributed by atoms with Gasteiger partial charge in [0.1, 0.15) is 0 Å². The Balaban J connectivity index is 1.90. The van der Waals surface area contributed by atoms with E-state index in [-0.39, 0.29) is 0 Å². The van der Waals surface area contributed by atoms with Gasteiger partial charge in [-0.3, -0.25) is 0 Å². The van der Waals surface area contributed by atoms with Crippen LogP contribution in [0.2, 0.25) is 0 Å².